The van der Waals surface area contributed by atoms with E-state index >= 15 is 0 Å². The van der Waals surface area contributed by atoms with Gasteiger partial charge in [0.15, 0.2) is 6.10 Å². The number of nitrogens with two attached hydrogens (primary N) is 1. The Bertz CT molecular complexity index is 256. The van der Waals surface area contributed by atoms with Gasteiger partial charge in [-0.1, -0.05) is 0 Å². The van der Waals surface area contributed by atoms with Gasteiger partial charge >= 0.3 is 5.97 Å². The first kappa shape index (κ1) is 8.76. The molecule has 0 spiro atoms. The highest BCUT2D eigenvalue weighted by atomic mass is 16.4. The maximum Gasteiger partial charge on any atom is 0.334 e. The third-order valence-corrected chi connectivity index (χ3v) is 1.46. The molecule has 66 valence electrons. The van der Waals surface area contributed by atoms with Gasteiger partial charge in [0.1, 0.15) is 11.8 Å². The van der Waals surface area contributed by atoms with E-state index < -0.39 is 18.1 Å². The molecule has 0 bridgehead atoms. The highest BCUT2D eigenvalue weighted by Gasteiger charge is 2.25. The molecular formula is C7H9NO4. The quantitative estimate of drug-likeness (QED) is 0.581. The van der Waals surface area contributed by atoms with Crippen LogP contribution in [0.5, 0.6) is 0 Å². The van der Waals surface area contributed by atoms with E-state index in [0.29, 0.717) is 0 Å². The zero-order valence-corrected chi connectivity index (χ0v) is 6.18. The third-order valence-electron chi connectivity index (χ3n) is 1.46. The summed E-state index contributed by atoms with van der Waals surface area (Å²) in [5.74, 6) is -1.11. The highest BCUT2D eigenvalue weighted by Crippen LogP contribution is 2.14. The summed E-state index contributed by atoms with van der Waals surface area (Å²) in [6, 6.07) is 2.07. The van der Waals surface area contributed by atoms with Crippen LogP contribution in [0.15, 0.2) is 22.8 Å². The number of carbonyl (C=O) groups is 1. The van der Waals surface area contributed by atoms with E-state index in [1.165, 1.54) is 12.3 Å². The summed E-state index contributed by atoms with van der Waals surface area (Å²) < 4.78 is 4.82. The molecule has 1 heterocycles. The van der Waals surface area contributed by atoms with E-state index in [-0.39, 0.29) is 5.76 Å². The average Bonchev–Trinajstić information content (AvgIpc) is 2.53. The van der Waals surface area contributed by atoms with E-state index in [1.54, 1.807) is 6.07 Å². The second-order valence-electron chi connectivity index (χ2n) is 2.32. The smallest absolute Gasteiger partial charge is 0.334 e. The van der Waals surface area contributed by atoms with Gasteiger partial charge in [-0.15, -0.1) is 0 Å². The van der Waals surface area contributed by atoms with Crippen molar-refractivity contribution in [3.05, 3.63) is 24.2 Å². The lowest BCUT2D eigenvalue weighted by Crippen LogP contribution is -2.32. The van der Waals surface area contributed by atoms with Crippen molar-refractivity contribution < 1.29 is 19.4 Å². The molecule has 5 nitrogen and oxygen atoms in total. The van der Waals surface area contributed by atoms with Crippen molar-refractivity contribution in [1.82, 2.24) is 0 Å². The fraction of sp³-hybridized carbons (Fsp3) is 0.286. The van der Waals surface area contributed by atoms with Crippen molar-refractivity contribution in [2.75, 3.05) is 0 Å². The number of aliphatic hydroxyl groups is 1. The summed E-state index contributed by atoms with van der Waals surface area (Å²) in [4.78, 5) is 10.3. The van der Waals surface area contributed by atoms with Gasteiger partial charge in [-0.3, -0.25) is 0 Å². The van der Waals surface area contributed by atoms with Gasteiger partial charge in [0.25, 0.3) is 0 Å². The summed E-state index contributed by atoms with van der Waals surface area (Å²) in [5, 5.41) is 17.4. The second kappa shape index (κ2) is 3.38. The number of aliphatic hydroxyl groups excluding tert-OH is 1. The summed E-state index contributed by atoms with van der Waals surface area (Å²) in [7, 11) is 0. The first-order valence-corrected chi connectivity index (χ1v) is 3.33. The molecular weight excluding hydrogens is 162 g/mol. The molecule has 4 N–H and O–H groups in total. The number of carboxylic acid groups (broad SMARTS) is 1. The molecule has 0 aromatic carbocycles. The van der Waals surface area contributed by atoms with Crippen LogP contribution in [0.3, 0.4) is 0 Å². The minimum absolute atomic E-state index is 0.255. The van der Waals surface area contributed by atoms with E-state index in [9.17, 15) is 4.79 Å². The number of hydrogen-bond acceptors (Lipinski definition) is 4. The minimum Gasteiger partial charge on any atom is -0.479 e. The van der Waals surface area contributed by atoms with Crippen LogP contribution < -0.4 is 5.73 Å². The summed E-state index contributed by atoms with van der Waals surface area (Å²) in [6.07, 6.45) is -0.264. The van der Waals surface area contributed by atoms with Gasteiger partial charge < -0.3 is 20.4 Å². The monoisotopic (exact) mass is 171 g/mol. The molecule has 0 unspecified atom stereocenters. The Hall–Kier alpha value is -1.33. The first-order valence-electron chi connectivity index (χ1n) is 3.33. The molecule has 0 aliphatic carbocycles. The molecule has 0 amide bonds. The van der Waals surface area contributed by atoms with Crippen LogP contribution >= 0.6 is 0 Å². The molecule has 0 aliphatic heterocycles. The van der Waals surface area contributed by atoms with Crippen molar-refractivity contribution >= 4 is 5.97 Å². The topological polar surface area (TPSA) is 96.7 Å². The number of rotatable bonds is 3. The molecule has 1 aromatic heterocycles. The van der Waals surface area contributed by atoms with Crippen LogP contribution in [0.1, 0.15) is 11.8 Å². The van der Waals surface area contributed by atoms with Crippen molar-refractivity contribution in [3.8, 4) is 0 Å². The lowest BCUT2D eigenvalue weighted by Gasteiger charge is -2.11. The maximum atomic E-state index is 10.3. The maximum absolute atomic E-state index is 10.3. The fourth-order valence-electron chi connectivity index (χ4n) is 0.790. The minimum atomic E-state index is -1.63. The lowest BCUT2D eigenvalue weighted by molar-refractivity contribution is -0.148. The highest BCUT2D eigenvalue weighted by molar-refractivity contribution is 5.73. The number of hydrogen-bond donors (Lipinski definition) is 3. The molecule has 12 heavy (non-hydrogen) atoms. The largest absolute Gasteiger partial charge is 0.479 e. The van der Waals surface area contributed by atoms with Crippen molar-refractivity contribution in [1.29, 1.82) is 0 Å². The van der Waals surface area contributed by atoms with E-state index in [0.717, 1.165) is 0 Å². The van der Waals surface area contributed by atoms with E-state index in [2.05, 4.69) is 0 Å². The number of aliphatic carboxylic acids is 1. The van der Waals surface area contributed by atoms with Crippen LogP contribution in [0.25, 0.3) is 0 Å². The molecule has 0 fully saturated rings. The van der Waals surface area contributed by atoms with Gasteiger partial charge in [0, 0.05) is 0 Å². The summed E-state index contributed by atoms with van der Waals surface area (Å²) in [6.45, 7) is 0. The Morgan fingerprint density at radius 2 is 2.33 bits per heavy atom. The standard InChI is InChI=1S/C7H9NO4/c8-5(6(9)7(10)11)4-2-1-3-12-4/h1-3,5-6,9H,8H2,(H,10,11)/t5-,6+/m0/s1. The van der Waals surface area contributed by atoms with Crippen LogP contribution in [0, 0.1) is 0 Å². The second-order valence-corrected chi connectivity index (χ2v) is 2.32. The van der Waals surface area contributed by atoms with Gasteiger partial charge in [0.05, 0.1) is 6.26 Å². The molecule has 0 aliphatic rings. The zero-order valence-electron chi connectivity index (χ0n) is 6.18. The molecule has 5 heteroatoms. The van der Waals surface area contributed by atoms with Crippen LogP contribution in [-0.2, 0) is 4.79 Å². The molecule has 2 atom stereocenters. The van der Waals surface area contributed by atoms with Crippen LogP contribution in [0.4, 0.5) is 0 Å². The molecule has 0 saturated heterocycles. The van der Waals surface area contributed by atoms with Crippen molar-refractivity contribution in [2.24, 2.45) is 5.73 Å². The molecule has 0 saturated carbocycles. The average molecular weight is 171 g/mol. The SMILES string of the molecule is N[C@@H](c1ccco1)[C@@H](O)C(=O)O. The lowest BCUT2D eigenvalue weighted by atomic mass is 10.1. The Morgan fingerprint density at radius 3 is 2.75 bits per heavy atom. The van der Waals surface area contributed by atoms with Gasteiger partial charge in [0.2, 0.25) is 0 Å². The third kappa shape index (κ3) is 1.63. The number of furan rings is 1. The number of carboxylic acids is 1. The van der Waals surface area contributed by atoms with Gasteiger partial charge in [-0.2, -0.15) is 0 Å². The Morgan fingerprint density at radius 1 is 1.67 bits per heavy atom. The zero-order chi connectivity index (χ0) is 9.14. The Kier molecular flexibility index (Phi) is 2.47. The summed E-state index contributed by atoms with van der Waals surface area (Å²) in [5.41, 5.74) is 5.36. The van der Waals surface area contributed by atoms with Gasteiger partial charge in [-0.05, 0) is 12.1 Å². The normalized spacial score (nSPS) is 15.5. The Labute approximate surface area is 68.4 Å². The van der Waals surface area contributed by atoms with Gasteiger partial charge in [-0.25, -0.2) is 4.79 Å². The molecule has 1 aromatic rings. The predicted octanol–water partition coefficient (Wildman–Crippen LogP) is -0.275. The molecule has 0 radical (unpaired) electrons. The first-order chi connectivity index (χ1) is 5.63. The fourth-order valence-corrected chi connectivity index (χ4v) is 0.790. The van der Waals surface area contributed by atoms with Crippen LogP contribution in [-0.4, -0.2) is 22.3 Å². The van der Waals surface area contributed by atoms with Crippen molar-refractivity contribution in [2.45, 2.75) is 12.1 Å². The Balaban J connectivity index is 2.71. The van der Waals surface area contributed by atoms with Crippen molar-refractivity contribution in [3.63, 3.8) is 0 Å². The summed E-state index contributed by atoms with van der Waals surface area (Å²) >= 11 is 0. The van der Waals surface area contributed by atoms with Crippen LogP contribution in [0.2, 0.25) is 0 Å². The van der Waals surface area contributed by atoms with E-state index in [1.807, 2.05) is 0 Å². The van der Waals surface area contributed by atoms with E-state index in [4.69, 9.17) is 20.4 Å². The predicted molar refractivity (Wildman–Crippen MR) is 39.3 cm³/mol. The molecule has 1 rings (SSSR count).